The van der Waals surface area contributed by atoms with Gasteiger partial charge in [-0.2, -0.15) is 0 Å². The summed E-state index contributed by atoms with van der Waals surface area (Å²) < 4.78 is 20.4. The Hall–Kier alpha value is -4.07. The second kappa shape index (κ2) is 11.1. The normalized spacial score (nSPS) is 18.6. The molecule has 0 aromatic heterocycles. The van der Waals surface area contributed by atoms with Gasteiger partial charge in [-0.1, -0.05) is 0 Å². The van der Waals surface area contributed by atoms with Gasteiger partial charge in [0.2, 0.25) is 0 Å². The number of thioether (sulfide) groups is 1. The Morgan fingerprint density at radius 3 is 2.29 bits per heavy atom. The lowest BCUT2D eigenvalue weighted by Gasteiger charge is -2.49. The maximum atomic E-state index is 12.7. The van der Waals surface area contributed by atoms with Crippen molar-refractivity contribution >= 4 is 47.6 Å². The molecular weight excluding hydrogens is 524 g/mol. The first-order valence-corrected chi connectivity index (χ1v) is 12.3. The third-order valence-electron chi connectivity index (χ3n) is 4.99. The average Bonchev–Trinajstić information content (AvgIpc) is 2.79. The summed E-state index contributed by atoms with van der Waals surface area (Å²) in [6, 6.07) is 2.70. The Morgan fingerprint density at radius 1 is 1.08 bits per heavy atom. The number of fused-ring (bicyclic) bond motifs is 1. The molecule has 1 saturated heterocycles. The monoisotopic (exact) mass is 550 g/mol. The maximum Gasteiger partial charge on any atom is 0.408 e. The number of esters is 3. The number of carboxylic acid groups (broad SMARTS) is 1. The molecule has 0 aliphatic carbocycles. The predicted octanol–water partition coefficient (Wildman–Crippen LogP) is 1.84. The number of alkyl carbamates (subject to hydrolysis) is 1. The maximum absolute atomic E-state index is 12.7. The van der Waals surface area contributed by atoms with Crippen molar-refractivity contribution < 1.29 is 52.8 Å². The highest BCUT2D eigenvalue weighted by molar-refractivity contribution is 8.00. The van der Waals surface area contributed by atoms with E-state index < -0.39 is 59.5 Å². The molecule has 2 atom stereocenters. The molecule has 2 aliphatic heterocycles. The summed E-state index contributed by atoms with van der Waals surface area (Å²) in [6.45, 7) is 6.84. The van der Waals surface area contributed by atoms with Gasteiger partial charge in [0.1, 0.15) is 29.3 Å². The Balaban J connectivity index is 1.73. The molecular formula is C24H26N2O11S. The van der Waals surface area contributed by atoms with E-state index in [1.165, 1.54) is 23.9 Å². The van der Waals surface area contributed by atoms with Gasteiger partial charge in [-0.3, -0.25) is 19.3 Å². The van der Waals surface area contributed by atoms with Crippen molar-refractivity contribution in [3.8, 4) is 11.5 Å². The van der Waals surface area contributed by atoms with E-state index in [-0.39, 0.29) is 34.1 Å². The second-order valence-corrected chi connectivity index (χ2v) is 10.3. The minimum Gasteiger partial charge on any atom is -0.477 e. The van der Waals surface area contributed by atoms with Crippen LogP contribution in [-0.4, -0.2) is 75.3 Å². The largest absolute Gasteiger partial charge is 0.477 e. The number of nitrogens with zero attached hydrogens (tertiary/aromatic N) is 1. The number of rotatable bonds is 7. The smallest absolute Gasteiger partial charge is 0.408 e. The fraction of sp³-hybridized carbons (Fsp3) is 0.417. The third kappa shape index (κ3) is 6.62. The molecule has 0 bridgehead atoms. The lowest BCUT2D eigenvalue weighted by molar-refractivity contribution is -0.149. The molecule has 0 spiro atoms. The van der Waals surface area contributed by atoms with Crippen molar-refractivity contribution in [1.29, 1.82) is 0 Å². The number of aliphatic carboxylic acids is 1. The van der Waals surface area contributed by atoms with E-state index in [1.807, 2.05) is 0 Å². The fourth-order valence-electron chi connectivity index (χ4n) is 3.57. The number of nitrogens with one attached hydrogen (secondary N) is 1. The first-order chi connectivity index (χ1) is 17.7. The van der Waals surface area contributed by atoms with Crippen LogP contribution in [0.3, 0.4) is 0 Å². The minimum atomic E-state index is -1.40. The molecule has 2 amide bonds. The summed E-state index contributed by atoms with van der Waals surface area (Å²) in [4.78, 5) is 73.2. The zero-order valence-electron chi connectivity index (χ0n) is 21.2. The van der Waals surface area contributed by atoms with Crippen LogP contribution in [0.15, 0.2) is 29.5 Å². The number of ether oxygens (including phenoxy) is 4. The van der Waals surface area contributed by atoms with E-state index in [4.69, 9.17) is 18.9 Å². The van der Waals surface area contributed by atoms with Crippen LogP contribution in [0.4, 0.5) is 4.79 Å². The van der Waals surface area contributed by atoms with Crippen LogP contribution >= 0.6 is 11.8 Å². The van der Waals surface area contributed by atoms with Gasteiger partial charge in [0, 0.05) is 25.2 Å². The zero-order chi connectivity index (χ0) is 28.4. The van der Waals surface area contributed by atoms with Crippen LogP contribution in [0.1, 0.15) is 45.0 Å². The van der Waals surface area contributed by atoms with Crippen molar-refractivity contribution in [1.82, 2.24) is 10.2 Å². The first kappa shape index (κ1) is 28.5. The molecule has 1 fully saturated rings. The number of carboxylic acids is 1. The second-order valence-electron chi connectivity index (χ2n) is 9.22. The summed E-state index contributed by atoms with van der Waals surface area (Å²) in [5, 5.41) is 11.6. The zero-order valence-corrected chi connectivity index (χ0v) is 22.0. The molecule has 38 heavy (non-hydrogen) atoms. The van der Waals surface area contributed by atoms with E-state index in [0.29, 0.717) is 0 Å². The minimum absolute atomic E-state index is 0.0578. The first-order valence-electron chi connectivity index (χ1n) is 11.3. The van der Waals surface area contributed by atoms with Crippen molar-refractivity contribution in [2.75, 3.05) is 12.4 Å². The van der Waals surface area contributed by atoms with E-state index >= 15 is 0 Å². The number of β-lactam (4-membered cyclic amide) rings is 1. The van der Waals surface area contributed by atoms with E-state index in [1.54, 1.807) is 20.8 Å². The van der Waals surface area contributed by atoms with Gasteiger partial charge in [-0.25, -0.2) is 14.4 Å². The van der Waals surface area contributed by atoms with Gasteiger partial charge in [-0.15, -0.1) is 11.8 Å². The Morgan fingerprint density at radius 2 is 1.71 bits per heavy atom. The molecule has 3 rings (SSSR count). The highest BCUT2D eigenvalue weighted by Gasteiger charge is 2.54. The molecule has 14 heteroatoms. The summed E-state index contributed by atoms with van der Waals surface area (Å²) in [6.07, 6.45) is -0.801. The molecule has 1 aromatic rings. The van der Waals surface area contributed by atoms with E-state index in [2.05, 4.69) is 5.32 Å². The number of carbonyl (C=O) groups excluding carboxylic acids is 5. The fourth-order valence-corrected chi connectivity index (χ4v) is 4.90. The molecule has 13 nitrogen and oxygen atoms in total. The molecule has 2 heterocycles. The lowest BCUT2D eigenvalue weighted by atomic mass is 10.0. The predicted molar refractivity (Wildman–Crippen MR) is 130 cm³/mol. The number of hydrogen-bond acceptors (Lipinski definition) is 11. The molecule has 2 aliphatic rings. The molecule has 204 valence electrons. The van der Waals surface area contributed by atoms with Crippen LogP contribution in [0.2, 0.25) is 0 Å². The highest BCUT2D eigenvalue weighted by atomic mass is 32.2. The SMILES string of the molecule is CC(=O)Oc1ccc(C(=O)OCC2=C(C(=O)O)N3C(=O)[C@@H](NC(=O)OC(C)(C)C)[C@H]3SC2)cc1OC(C)=O. The summed E-state index contributed by atoms with van der Waals surface area (Å²) in [5.41, 5.74) is -0.996. The van der Waals surface area contributed by atoms with Gasteiger partial charge in [0.15, 0.2) is 11.5 Å². The summed E-state index contributed by atoms with van der Waals surface area (Å²) in [7, 11) is 0. The van der Waals surface area contributed by atoms with Crippen molar-refractivity contribution in [2.45, 2.75) is 51.6 Å². The quantitative estimate of drug-likeness (QED) is 0.287. The standard InChI is InChI=1S/C24H26N2O11S/c1-11(27)35-15-7-6-13(8-16(15)36-12(2)28)22(32)34-9-14-10-38-20-17(25-23(33)37-24(3,4)5)19(29)26(20)18(14)21(30)31/h6-8,17,20H,9-10H2,1-5H3,(H,25,33)(H,30,31)/t17-,20-/m1/s1. The number of amides is 2. The summed E-state index contributed by atoms with van der Waals surface area (Å²) >= 11 is 1.19. The van der Waals surface area contributed by atoms with E-state index in [0.717, 1.165) is 24.8 Å². The van der Waals surface area contributed by atoms with Crippen molar-refractivity contribution in [3.05, 3.63) is 35.0 Å². The van der Waals surface area contributed by atoms with Gasteiger partial charge in [0.25, 0.3) is 5.91 Å². The number of carbonyl (C=O) groups is 6. The average molecular weight is 551 g/mol. The van der Waals surface area contributed by atoms with E-state index in [9.17, 15) is 33.9 Å². The Labute approximate surface area is 221 Å². The van der Waals surface area contributed by atoms with Gasteiger partial charge < -0.3 is 29.4 Å². The van der Waals surface area contributed by atoms with Gasteiger partial charge in [-0.05, 0) is 39.0 Å². The number of hydrogen-bond donors (Lipinski definition) is 2. The van der Waals surface area contributed by atoms with Crippen LogP contribution in [0.25, 0.3) is 0 Å². The highest BCUT2D eigenvalue weighted by Crippen LogP contribution is 2.40. The van der Waals surface area contributed by atoms with Crippen LogP contribution < -0.4 is 14.8 Å². The molecule has 1 aromatic carbocycles. The number of benzene rings is 1. The molecule has 2 N–H and O–H groups in total. The topological polar surface area (TPSA) is 175 Å². The van der Waals surface area contributed by atoms with Crippen molar-refractivity contribution in [2.24, 2.45) is 0 Å². The van der Waals surface area contributed by atoms with Crippen LogP contribution in [-0.2, 0) is 28.7 Å². The molecule has 0 unspecified atom stereocenters. The van der Waals surface area contributed by atoms with Crippen LogP contribution in [0, 0.1) is 0 Å². The Kier molecular flexibility index (Phi) is 8.35. The molecule has 0 radical (unpaired) electrons. The molecule has 0 saturated carbocycles. The van der Waals surface area contributed by atoms with Crippen molar-refractivity contribution in [3.63, 3.8) is 0 Å². The third-order valence-corrected chi connectivity index (χ3v) is 6.33. The lowest BCUT2D eigenvalue weighted by Crippen LogP contribution is -2.70. The van der Waals surface area contributed by atoms with Gasteiger partial charge in [0.05, 0.1) is 5.56 Å². The summed E-state index contributed by atoms with van der Waals surface area (Å²) in [5.74, 6) is -4.45. The Bertz CT molecular complexity index is 1230. The van der Waals surface area contributed by atoms with Gasteiger partial charge >= 0.3 is 30.0 Å². The van der Waals surface area contributed by atoms with Crippen LogP contribution in [0.5, 0.6) is 11.5 Å².